The average Bonchev–Trinajstić information content (AvgIpc) is 3.21. The summed E-state index contributed by atoms with van der Waals surface area (Å²) in [6.45, 7) is 6.26. The van der Waals surface area contributed by atoms with Crippen LogP contribution in [0.4, 0.5) is 0 Å². The summed E-state index contributed by atoms with van der Waals surface area (Å²) in [4.78, 5) is 30.2. The van der Waals surface area contributed by atoms with Gasteiger partial charge >= 0.3 is 0 Å². The van der Waals surface area contributed by atoms with Gasteiger partial charge in [-0.2, -0.15) is 5.10 Å². The lowest BCUT2D eigenvalue weighted by Gasteiger charge is -2.11. The summed E-state index contributed by atoms with van der Waals surface area (Å²) < 4.78 is 8.88. The number of nitrogens with one attached hydrogen (secondary N) is 1. The van der Waals surface area contributed by atoms with Gasteiger partial charge in [0.1, 0.15) is 5.69 Å². The molecule has 0 saturated heterocycles. The summed E-state index contributed by atoms with van der Waals surface area (Å²) in [5, 5.41) is 8.11. The molecule has 35 heavy (non-hydrogen) atoms. The molecular formula is C26H28ClN5O3. The fraction of sp³-hybridized carbons (Fsp3) is 0.308. The van der Waals surface area contributed by atoms with Crippen LogP contribution in [0.15, 0.2) is 53.5 Å². The first kappa shape index (κ1) is 24.5. The lowest BCUT2D eigenvalue weighted by molar-refractivity contribution is -0.123. The number of pyridine rings is 1. The van der Waals surface area contributed by atoms with Gasteiger partial charge in [-0.05, 0) is 56.7 Å². The van der Waals surface area contributed by atoms with Gasteiger partial charge < -0.3 is 10.1 Å². The van der Waals surface area contributed by atoms with E-state index in [-0.39, 0.29) is 18.1 Å². The van der Waals surface area contributed by atoms with Crippen LogP contribution in [-0.2, 0) is 4.79 Å². The van der Waals surface area contributed by atoms with Gasteiger partial charge in [0.15, 0.2) is 18.0 Å². The zero-order valence-corrected chi connectivity index (χ0v) is 20.8. The van der Waals surface area contributed by atoms with Crippen LogP contribution in [0.1, 0.15) is 37.6 Å². The van der Waals surface area contributed by atoms with Crippen LogP contribution < -0.4 is 15.6 Å². The first-order chi connectivity index (χ1) is 16.9. The summed E-state index contributed by atoms with van der Waals surface area (Å²) in [6, 6.07) is 12.6. The maximum Gasteiger partial charge on any atom is 0.267 e. The van der Waals surface area contributed by atoms with Crippen molar-refractivity contribution in [3.05, 3.63) is 75.4 Å². The number of hydrogen-bond donors (Lipinski definition) is 1. The second-order valence-corrected chi connectivity index (χ2v) is 8.79. The molecule has 0 saturated carbocycles. The number of hydrogen-bond acceptors (Lipinski definition) is 5. The van der Waals surface area contributed by atoms with Crippen molar-refractivity contribution < 1.29 is 9.53 Å². The molecule has 0 atom stereocenters. The van der Waals surface area contributed by atoms with Crippen LogP contribution >= 0.6 is 11.6 Å². The van der Waals surface area contributed by atoms with E-state index in [0.717, 1.165) is 30.6 Å². The highest BCUT2D eigenvalue weighted by molar-refractivity contribution is 6.30. The number of ether oxygens (including phenoxy) is 1. The van der Waals surface area contributed by atoms with Crippen LogP contribution in [0.3, 0.4) is 0 Å². The monoisotopic (exact) mass is 493 g/mol. The van der Waals surface area contributed by atoms with E-state index in [0.29, 0.717) is 39.9 Å². The second kappa shape index (κ2) is 10.7. The van der Waals surface area contributed by atoms with Crippen molar-refractivity contribution in [1.29, 1.82) is 0 Å². The second-order valence-electron chi connectivity index (χ2n) is 8.35. The molecule has 0 unspecified atom stereocenters. The Hall–Kier alpha value is -3.65. The van der Waals surface area contributed by atoms with Crippen LogP contribution in [0.2, 0.25) is 5.02 Å². The molecule has 3 aromatic heterocycles. The number of fused-ring (bicyclic) bond motifs is 1. The quantitative estimate of drug-likeness (QED) is 0.347. The largest absolute Gasteiger partial charge is 0.480 e. The van der Waals surface area contributed by atoms with Gasteiger partial charge in [-0.25, -0.2) is 9.67 Å². The Morgan fingerprint density at radius 1 is 1.14 bits per heavy atom. The van der Waals surface area contributed by atoms with Crippen molar-refractivity contribution in [3.8, 4) is 22.7 Å². The fourth-order valence-corrected chi connectivity index (χ4v) is 4.10. The van der Waals surface area contributed by atoms with Crippen LogP contribution in [-0.4, -0.2) is 38.2 Å². The third-order valence-corrected chi connectivity index (χ3v) is 5.89. The third-order valence-electron chi connectivity index (χ3n) is 5.66. The van der Waals surface area contributed by atoms with Crippen molar-refractivity contribution >= 4 is 23.2 Å². The normalized spacial score (nSPS) is 11.1. The third kappa shape index (κ3) is 5.38. The van der Waals surface area contributed by atoms with E-state index in [4.69, 9.17) is 16.3 Å². The van der Waals surface area contributed by atoms with Crippen LogP contribution in [0.5, 0.6) is 5.75 Å². The van der Waals surface area contributed by atoms with E-state index in [1.165, 1.54) is 4.40 Å². The highest BCUT2D eigenvalue weighted by Gasteiger charge is 2.18. The molecule has 0 aliphatic carbocycles. The topological polar surface area (TPSA) is 90.5 Å². The van der Waals surface area contributed by atoms with Crippen molar-refractivity contribution in [2.75, 3.05) is 13.2 Å². The first-order valence-electron chi connectivity index (χ1n) is 11.6. The molecule has 0 fully saturated rings. The minimum Gasteiger partial charge on any atom is -0.480 e. The predicted octanol–water partition coefficient (Wildman–Crippen LogP) is 4.50. The zero-order chi connectivity index (χ0) is 24.9. The van der Waals surface area contributed by atoms with Gasteiger partial charge in [0.2, 0.25) is 0 Å². The first-order valence-corrected chi connectivity index (χ1v) is 12.0. The molecule has 0 aliphatic rings. The predicted molar refractivity (Wildman–Crippen MR) is 137 cm³/mol. The Morgan fingerprint density at radius 3 is 2.74 bits per heavy atom. The Balaban J connectivity index is 1.63. The number of carbonyl (C=O) groups is 1. The Labute approximate surface area is 208 Å². The highest BCUT2D eigenvalue weighted by atomic mass is 35.5. The number of nitrogens with zero attached hydrogens (tertiary/aromatic N) is 4. The molecule has 4 rings (SSSR count). The number of rotatable bonds is 9. The molecule has 8 nitrogen and oxygen atoms in total. The van der Waals surface area contributed by atoms with Gasteiger partial charge in [0.05, 0.1) is 16.9 Å². The van der Waals surface area contributed by atoms with Gasteiger partial charge in [0.25, 0.3) is 11.5 Å². The van der Waals surface area contributed by atoms with Crippen molar-refractivity contribution in [2.24, 2.45) is 0 Å². The SMILES string of the molecule is CCCCCNC(=O)COc1cccn2c(=O)c(-c3cc(C)n(-c4cccc(Cl)c4)n3)c(C)nc12. The van der Waals surface area contributed by atoms with Gasteiger partial charge in [-0.15, -0.1) is 0 Å². The van der Waals surface area contributed by atoms with Gasteiger partial charge in [0, 0.05) is 23.5 Å². The Kier molecular flexibility index (Phi) is 7.51. The minimum absolute atomic E-state index is 0.147. The summed E-state index contributed by atoms with van der Waals surface area (Å²) in [5.41, 5.74) is 3.18. The lowest BCUT2D eigenvalue weighted by atomic mass is 10.1. The molecule has 182 valence electrons. The number of aromatic nitrogens is 4. The van der Waals surface area contributed by atoms with Crippen molar-refractivity contribution in [3.63, 3.8) is 0 Å². The smallest absolute Gasteiger partial charge is 0.267 e. The number of amides is 1. The number of aryl methyl sites for hydroxylation is 2. The number of carbonyl (C=O) groups excluding carboxylic acids is 1. The molecule has 0 aliphatic heterocycles. The number of unbranched alkanes of at least 4 members (excludes halogenated alkanes) is 2. The molecule has 1 aromatic carbocycles. The van der Waals surface area contributed by atoms with Crippen molar-refractivity contribution in [2.45, 2.75) is 40.0 Å². The number of benzene rings is 1. The summed E-state index contributed by atoms with van der Waals surface area (Å²) in [7, 11) is 0. The van der Waals surface area contributed by atoms with E-state index in [1.807, 2.05) is 31.2 Å². The molecule has 1 amide bonds. The van der Waals surface area contributed by atoms with E-state index in [2.05, 4.69) is 22.3 Å². The van der Waals surface area contributed by atoms with Crippen molar-refractivity contribution in [1.82, 2.24) is 24.5 Å². The van der Waals surface area contributed by atoms with Gasteiger partial charge in [-0.1, -0.05) is 37.4 Å². The Bertz CT molecular complexity index is 1430. The summed E-state index contributed by atoms with van der Waals surface area (Å²) >= 11 is 6.14. The van der Waals surface area contributed by atoms with E-state index in [1.54, 1.807) is 36.0 Å². The number of halogens is 1. The minimum atomic E-state index is -0.266. The molecular weight excluding hydrogens is 466 g/mol. The van der Waals surface area contributed by atoms with Crippen LogP contribution in [0, 0.1) is 13.8 Å². The molecule has 0 spiro atoms. The van der Waals surface area contributed by atoms with Crippen LogP contribution in [0.25, 0.3) is 22.6 Å². The Morgan fingerprint density at radius 2 is 1.97 bits per heavy atom. The summed E-state index contributed by atoms with van der Waals surface area (Å²) in [5.74, 6) is 0.157. The van der Waals surface area contributed by atoms with E-state index < -0.39 is 0 Å². The molecule has 9 heteroatoms. The highest BCUT2D eigenvalue weighted by Crippen LogP contribution is 2.24. The maximum atomic E-state index is 13.5. The fourth-order valence-electron chi connectivity index (χ4n) is 3.91. The molecule has 1 N–H and O–H groups in total. The summed E-state index contributed by atoms with van der Waals surface area (Å²) in [6.07, 6.45) is 4.72. The van der Waals surface area contributed by atoms with E-state index in [9.17, 15) is 9.59 Å². The lowest BCUT2D eigenvalue weighted by Crippen LogP contribution is -2.30. The van der Waals surface area contributed by atoms with Gasteiger partial charge in [-0.3, -0.25) is 14.0 Å². The average molecular weight is 494 g/mol. The zero-order valence-electron chi connectivity index (χ0n) is 20.0. The molecule has 0 bridgehead atoms. The van der Waals surface area contributed by atoms with E-state index >= 15 is 0 Å². The standard InChI is InChI=1S/C26H28ClN5O3/c1-4-5-6-12-28-23(33)16-35-22-11-8-13-31-25(22)29-18(3)24(26(31)34)21-14-17(2)32(30-21)20-10-7-9-19(27)15-20/h7-11,13-15H,4-6,12,16H2,1-3H3,(H,28,33). The molecule has 4 aromatic rings. The molecule has 0 radical (unpaired) electrons. The molecule has 3 heterocycles. The maximum absolute atomic E-state index is 13.5.